The number of aromatic amines is 1. The van der Waals surface area contributed by atoms with E-state index >= 15 is 0 Å². The zero-order valence-corrected chi connectivity index (χ0v) is 15.3. The van der Waals surface area contributed by atoms with Gasteiger partial charge in [-0.05, 0) is 37.8 Å². The molecule has 0 atom stereocenters. The van der Waals surface area contributed by atoms with Crippen LogP contribution in [0.3, 0.4) is 0 Å². The van der Waals surface area contributed by atoms with Crippen LogP contribution >= 0.6 is 0 Å². The number of carbonyl (C=O) groups is 1. The number of nitrogens with one attached hydrogen (secondary N) is 1. The van der Waals surface area contributed by atoms with Gasteiger partial charge in [-0.3, -0.25) is 9.69 Å². The highest BCUT2D eigenvalue weighted by molar-refractivity contribution is 5.86. The Morgan fingerprint density at radius 1 is 1.28 bits per heavy atom. The van der Waals surface area contributed by atoms with Crippen LogP contribution in [0, 0.1) is 0 Å². The summed E-state index contributed by atoms with van der Waals surface area (Å²) in [4.78, 5) is 17.9. The largest absolute Gasteiger partial charge is 0.466 e. The molecule has 1 aliphatic heterocycles. The van der Waals surface area contributed by atoms with Gasteiger partial charge < -0.3 is 9.72 Å². The van der Waals surface area contributed by atoms with Crippen molar-refractivity contribution in [2.75, 3.05) is 26.2 Å². The van der Waals surface area contributed by atoms with Crippen LogP contribution in [0.1, 0.15) is 37.9 Å². The molecular formula is C21H28N2O2. The number of hydrogen-bond acceptors (Lipinski definition) is 3. The van der Waals surface area contributed by atoms with Crippen LogP contribution in [-0.4, -0.2) is 42.1 Å². The van der Waals surface area contributed by atoms with Crippen LogP contribution in [-0.2, 0) is 22.4 Å². The van der Waals surface area contributed by atoms with Gasteiger partial charge in [0.15, 0.2) is 0 Å². The fourth-order valence-electron chi connectivity index (χ4n) is 3.65. The third-order valence-electron chi connectivity index (χ3n) is 4.97. The molecule has 2 heterocycles. The van der Waals surface area contributed by atoms with E-state index in [1.165, 1.54) is 16.5 Å². The van der Waals surface area contributed by atoms with Gasteiger partial charge in [0.25, 0.3) is 0 Å². The summed E-state index contributed by atoms with van der Waals surface area (Å²) < 4.78 is 5.14. The van der Waals surface area contributed by atoms with E-state index in [0.29, 0.717) is 13.0 Å². The van der Waals surface area contributed by atoms with Crippen molar-refractivity contribution >= 4 is 16.9 Å². The maximum absolute atomic E-state index is 12.0. The number of esters is 1. The van der Waals surface area contributed by atoms with Crippen molar-refractivity contribution in [3.8, 4) is 0 Å². The standard InChI is InChI=1S/C21H28N2O2/c1-3-16-8-7-12-23(15-16)13-11-18-17-9-5-6-10-19(17)22-20(18)14-21(24)25-4-2/h5-6,8-10,22H,3-4,7,11-15H2,1-2H3. The van der Waals surface area contributed by atoms with Crippen molar-refractivity contribution < 1.29 is 9.53 Å². The molecule has 1 aromatic carbocycles. The van der Waals surface area contributed by atoms with Gasteiger partial charge in [-0.15, -0.1) is 0 Å². The smallest absolute Gasteiger partial charge is 0.311 e. The Balaban J connectivity index is 1.76. The zero-order chi connectivity index (χ0) is 17.6. The first-order valence-electron chi connectivity index (χ1n) is 9.35. The number of H-pyrrole nitrogens is 1. The Morgan fingerprint density at radius 2 is 2.12 bits per heavy atom. The summed E-state index contributed by atoms with van der Waals surface area (Å²) >= 11 is 0. The number of carbonyl (C=O) groups excluding carboxylic acids is 1. The van der Waals surface area contributed by atoms with Crippen LogP contribution in [0.2, 0.25) is 0 Å². The molecule has 1 N–H and O–H groups in total. The maximum atomic E-state index is 12.0. The van der Waals surface area contributed by atoms with Crippen molar-refractivity contribution in [2.45, 2.75) is 39.5 Å². The van der Waals surface area contributed by atoms with Crippen molar-refractivity contribution in [2.24, 2.45) is 0 Å². The molecule has 134 valence electrons. The van der Waals surface area contributed by atoms with Crippen molar-refractivity contribution in [3.05, 3.63) is 47.2 Å². The van der Waals surface area contributed by atoms with E-state index in [1.807, 2.05) is 13.0 Å². The Morgan fingerprint density at radius 3 is 2.92 bits per heavy atom. The van der Waals surface area contributed by atoms with Gasteiger partial charge in [0.1, 0.15) is 0 Å². The summed E-state index contributed by atoms with van der Waals surface area (Å²) in [6.07, 6.45) is 5.94. The Bertz CT molecular complexity index is 760. The van der Waals surface area contributed by atoms with Crippen LogP contribution in [0.4, 0.5) is 0 Å². The average Bonchev–Trinajstić information content (AvgIpc) is 2.97. The number of nitrogens with zero attached hydrogens (tertiary/aromatic N) is 1. The third kappa shape index (κ3) is 4.31. The summed E-state index contributed by atoms with van der Waals surface area (Å²) in [5, 5.41) is 1.23. The van der Waals surface area contributed by atoms with E-state index in [1.54, 1.807) is 0 Å². The Hall–Kier alpha value is -2.07. The van der Waals surface area contributed by atoms with Gasteiger partial charge in [-0.25, -0.2) is 0 Å². The lowest BCUT2D eigenvalue weighted by atomic mass is 10.0. The molecule has 0 aliphatic carbocycles. The van der Waals surface area contributed by atoms with E-state index < -0.39 is 0 Å². The second-order valence-corrected chi connectivity index (χ2v) is 6.64. The zero-order valence-electron chi connectivity index (χ0n) is 15.3. The Kier molecular flexibility index (Phi) is 5.92. The maximum Gasteiger partial charge on any atom is 0.311 e. The molecule has 0 saturated carbocycles. The second kappa shape index (κ2) is 8.34. The highest BCUT2D eigenvalue weighted by atomic mass is 16.5. The minimum atomic E-state index is -0.163. The number of ether oxygens (including phenoxy) is 1. The summed E-state index contributed by atoms with van der Waals surface area (Å²) in [5.74, 6) is -0.163. The molecule has 3 rings (SSSR count). The number of rotatable bonds is 7. The SMILES string of the molecule is CCOC(=O)Cc1[nH]c2ccccc2c1CCN1CCC=C(CC)C1. The van der Waals surface area contributed by atoms with E-state index in [4.69, 9.17) is 4.74 Å². The van der Waals surface area contributed by atoms with Gasteiger partial charge in [-0.2, -0.15) is 0 Å². The number of aromatic nitrogens is 1. The number of hydrogen-bond donors (Lipinski definition) is 1. The molecule has 4 heteroatoms. The highest BCUT2D eigenvalue weighted by Crippen LogP contribution is 2.24. The predicted octanol–water partition coefficient (Wildman–Crippen LogP) is 3.86. The van der Waals surface area contributed by atoms with Gasteiger partial charge in [0.2, 0.25) is 0 Å². The van der Waals surface area contributed by atoms with E-state index in [0.717, 1.165) is 50.1 Å². The molecule has 0 radical (unpaired) electrons. The summed E-state index contributed by atoms with van der Waals surface area (Å²) in [6, 6.07) is 8.31. The topological polar surface area (TPSA) is 45.3 Å². The molecule has 0 bridgehead atoms. The van der Waals surface area contributed by atoms with E-state index in [2.05, 4.69) is 41.1 Å². The number of fused-ring (bicyclic) bond motifs is 1. The lowest BCUT2D eigenvalue weighted by molar-refractivity contribution is -0.142. The lowest BCUT2D eigenvalue weighted by Gasteiger charge is -2.27. The van der Waals surface area contributed by atoms with Crippen molar-refractivity contribution in [1.82, 2.24) is 9.88 Å². The minimum Gasteiger partial charge on any atom is -0.466 e. The predicted molar refractivity (Wildman–Crippen MR) is 102 cm³/mol. The van der Waals surface area contributed by atoms with E-state index in [-0.39, 0.29) is 5.97 Å². The summed E-state index contributed by atoms with van der Waals surface area (Å²) in [5.41, 5.74) is 4.90. The van der Waals surface area contributed by atoms with Gasteiger partial charge in [-0.1, -0.05) is 36.8 Å². The average molecular weight is 340 g/mol. The van der Waals surface area contributed by atoms with Gasteiger partial charge >= 0.3 is 5.97 Å². The van der Waals surface area contributed by atoms with Crippen LogP contribution in [0.15, 0.2) is 35.9 Å². The van der Waals surface area contributed by atoms with E-state index in [9.17, 15) is 4.79 Å². The molecule has 1 aliphatic rings. The molecule has 25 heavy (non-hydrogen) atoms. The first-order chi connectivity index (χ1) is 12.2. The fourth-order valence-corrected chi connectivity index (χ4v) is 3.65. The molecule has 0 fully saturated rings. The molecule has 0 spiro atoms. The molecule has 0 amide bonds. The molecule has 4 nitrogen and oxygen atoms in total. The second-order valence-electron chi connectivity index (χ2n) is 6.64. The summed E-state index contributed by atoms with van der Waals surface area (Å²) in [6.45, 7) is 7.72. The first kappa shape index (κ1) is 17.7. The monoisotopic (exact) mass is 340 g/mol. The quantitative estimate of drug-likeness (QED) is 0.615. The minimum absolute atomic E-state index is 0.163. The normalized spacial score (nSPS) is 15.4. The molecule has 0 unspecified atom stereocenters. The van der Waals surface area contributed by atoms with Crippen LogP contribution in [0.5, 0.6) is 0 Å². The number of benzene rings is 1. The molecule has 1 aromatic heterocycles. The first-order valence-corrected chi connectivity index (χ1v) is 9.35. The van der Waals surface area contributed by atoms with Crippen LogP contribution < -0.4 is 0 Å². The third-order valence-corrected chi connectivity index (χ3v) is 4.97. The van der Waals surface area contributed by atoms with Gasteiger partial charge in [0.05, 0.1) is 13.0 Å². The van der Waals surface area contributed by atoms with Crippen molar-refractivity contribution in [3.63, 3.8) is 0 Å². The van der Waals surface area contributed by atoms with Crippen LogP contribution in [0.25, 0.3) is 10.9 Å². The van der Waals surface area contributed by atoms with Gasteiger partial charge in [0, 0.05) is 36.2 Å². The van der Waals surface area contributed by atoms with Crippen molar-refractivity contribution in [1.29, 1.82) is 0 Å². The highest BCUT2D eigenvalue weighted by Gasteiger charge is 2.17. The Labute approximate surface area is 149 Å². The fraction of sp³-hybridized carbons (Fsp3) is 0.476. The molecule has 2 aromatic rings. The number of para-hydroxylation sites is 1. The molecular weight excluding hydrogens is 312 g/mol. The summed E-state index contributed by atoms with van der Waals surface area (Å²) in [7, 11) is 0. The lowest BCUT2D eigenvalue weighted by Crippen LogP contribution is -2.31. The molecule has 0 saturated heterocycles.